The Morgan fingerprint density at radius 1 is 1.30 bits per heavy atom. The highest BCUT2D eigenvalue weighted by atomic mass is 32.2. The van der Waals surface area contributed by atoms with Crippen LogP contribution in [-0.4, -0.2) is 42.8 Å². The number of rotatable bonds is 7. The monoisotopic (exact) mass is 497 g/mol. The fourth-order valence-electron chi connectivity index (χ4n) is 4.79. The Bertz CT molecular complexity index is 1160. The van der Waals surface area contributed by atoms with Crippen LogP contribution in [0.4, 0.5) is 9.52 Å². The van der Waals surface area contributed by atoms with Gasteiger partial charge < -0.3 is 15.0 Å². The van der Waals surface area contributed by atoms with Crippen LogP contribution < -0.4 is 10.9 Å². The lowest BCUT2D eigenvalue weighted by atomic mass is 9.84. The number of H-pyrrole nitrogens is 1. The summed E-state index contributed by atoms with van der Waals surface area (Å²) in [6.07, 6.45) is 5.46. The zero-order chi connectivity index (χ0) is 23.6. The molecule has 2 N–H and O–H groups in total. The van der Waals surface area contributed by atoms with Gasteiger partial charge in [0.05, 0.1) is 22.3 Å². The molecule has 0 spiro atoms. The van der Waals surface area contributed by atoms with Crippen molar-refractivity contribution in [2.24, 2.45) is 5.92 Å². The van der Waals surface area contributed by atoms with Crippen LogP contribution in [0.15, 0.2) is 22.0 Å². The van der Waals surface area contributed by atoms with Gasteiger partial charge in [0, 0.05) is 24.5 Å². The molecule has 1 saturated heterocycles. The normalized spacial score (nSPS) is 19.0. The molecule has 0 aromatic carbocycles. The van der Waals surface area contributed by atoms with E-state index in [-0.39, 0.29) is 21.5 Å². The van der Waals surface area contributed by atoms with Gasteiger partial charge in [0.1, 0.15) is 0 Å². The van der Waals surface area contributed by atoms with E-state index in [1.165, 1.54) is 6.07 Å². The Hall–Kier alpha value is -2.11. The molecule has 0 bridgehead atoms. The number of ether oxygens (including phenoxy) is 1. The van der Waals surface area contributed by atoms with E-state index in [1.807, 2.05) is 0 Å². The third kappa shape index (κ3) is 5.36. The molecule has 1 atom stereocenters. The highest BCUT2D eigenvalue weighted by Crippen LogP contribution is 2.36. The summed E-state index contributed by atoms with van der Waals surface area (Å²) in [6, 6.07) is 1.47. The van der Waals surface area contributed by atoms with Crippen LogP contribution in [0.5, 0.6) is 0 Å². The number of hydrogen-bond donors (Lipinski definition) is 2. The number of hydrogen-bond acceptors (Lipinski definition) is 7. The molecular formula is C22H28FN3O5S2. The third-order valence-corrected chi connectivity index (χ3v) is 9.50. The number of amides is 1. The van der Waals surface area contributed by atoms with Crippen LogP contribution in [0.25, 0.3) is 0 Å². The lowest BCUT2D eigenvalue weighted by molar-refractivity contribution is -0.118. The summed E-state index contributed by atoms with van der Waals surface area (Å²) in [5.74, 6) is -1.49. The number of nitrogens with zero attached hydrogens (tertiary/aromatic N) is 1. The molecule has 1 amide bonds. The molecule has 2 fully saturated rings. The average Bonchev–Trinajstić information content (AvgIpc) is 3.45. The van der Waals surface area contributed by atoms with E-state index in [2.05, 4.69) is 15.3 Å². The van der Waals surface area contributed by atoms with E-state index in [9.17, 15) is 22.4 Å². The molecule has 4 rings (SSSR count). The highest BCUT2D eigenvalue weighted by Gasteiger charge is 2.38. The molecule has 33 heavy (non-hydrogen) atoms. The number of carbonyl (C=O) groups is 1. The third-order valence-electron chi connectivity index (χ3n) is 6.50. The highest BCUT2D eigenvalue weighted by molar-refractivity contribution is 7.92. The zero-order valence-electron chi connectivity index (χ0n) is 18.4. The van der Waals surface area contributed by atoms with Crippen LogP contribution in [-0.2, 0) is 19.4 Å². The summed E-state index contributed by atoms with van der Waals surface area (Å²) in [7, 11) is -3.80. The Labute approximate surface area is 195 Å². The number of aryl methyl sites for hydroxylation is 1. The van der Waals surface area contributed by atoms with Crippen molar-refractivity contribution >= 4 is 32.2 Å². The Morgan fingerprint density at radius 3 is 2.64 bits per heavy atom. The first-order chi connectivity index (χ1) is 15.8. The molecule has 3 heterocycles. The Morgan fingerprint density at radius 2 is 2.00 bits per heavy atom. The maximum atomic E-state index is 13.6. The largest absolute Gasteiger partial charge is 0.381 e. The van der Waals surface area contributed by atoms with Gasteiger partial charge in [-0.15, -0.1) is 0 Å². The number of thiazole rings is 1. The molecule has 2 aromatic heterocycles. The molecule has 0 unspecified atom stereocenters. The van der Waals surface area contributed by atoms with Gasteiger partial charge in [-0.3, -0.25) is 9.59 Å². The molecule has 180 valence electrons. The van der Waals surface area contributed by atoms with Crippen LogP contribution >= 0.6 is 11.3 Å². The average molecular weight is 498 g/mol. The lowest BCUT2D eigenvalue weighted by Gasteiger charge is -2.27. The van der Waals surface area contributed by atoms with Gasteiger partial charge in [-0.1, -0.05) is 24.2 Å². The smallest absolute Gasteiger partial charge is 0.253 e. The van der Waals surface area contributed by atoms with Crippen molar-refractivity contribution in [3.8, 4) is 0 Å². The van der Waals surface area contributed by atoms with Gasteiger partial charge in [-0.2, -0.15) is 4.39 Å². The Balaban J connectivity index is 1.78. The molecule has 1 aliphatic heterocycles. The number of aromatic nitrogens is 2. The fraction of sp³-hybridized carbons (Fsp3) is 0.591. The van der Waals surface area contributed by atoms with Crippen molar-refractivity contribution < 1.29 is 22.3 Å². The van der Waals surface area contributed by atoms with Crippen LogP contribution in [0.1, 0.15) is 62.1 Å². The lowest BCUT2D eigenvalue weighted by Crippen LogP contribution is -2.33. The molecule has 8 nitrogen and oxygen atoms in total. The van der Waals surface area contributed by atoms with E-state index in [0.717, 1.165) is 19.0 Å². The second-order valence-electron chi connectivity index (χ2n) is 8.81. The minimum absolute atomic E-state index is 0.0338. The van der Waals surface area contributed by atoms with Crippen molar-refractivity contribution in [2.75, 3.05) is 18.5 Å². The molecule has 1 saturated carbocycles. The van der Waals surface area contributed by atoms with E-state index in [1.54, 1.807) is 6.92 Å². The van der Waals surface area contributed by atoms with Crippen LogP contribution in [0.2, 0.25) is 0 Å². The summed E-state index contributed by atoms with van der Waals surface area (Å²) < 4.78 is 46.0. The van der Waals surface area contributed by atoms with Gasteiger partial charge in [0.2, 0.25) is 5.91 Å². The minimum atomic E-state index is -3.80. The maximum Gasteiger partial charge on any atom is 0.253 e. The van der Waals surface area contributed by atoms with Crippen molar-refractivity contribution in [1.29, 1.82) is 0 Å². The number of pyridine rings is 1. The molecular weight excluding hydrogens is 469 g/mol. The number of sulfone groups is 1. The zero-order valence-corrected chi connectivity index (χ0v) is 20.1. The molecule has 2 aliphatic rings. The maximum absolute atomic E-state index is 13.6. The predicted octanol–water partition coefficient (Wildman–Crippen LogP) is 3.53. The Kier molecular flexibility index (Phi) is 7.30. The van der Waals surface area contributed by atoms with Gasteiger partial charge >= 0.3 is 0 Å². The second kappa shape index (κ2) is 10.0. The predicted molar refractivity (Wildman–Crippen MR) is 123 cm³/mol. The van der Waals surface area contributed by atoms with Gasteiger partial charge in [0.25, 0.3) is 5.56 Å². The summed E-state index contributed by atoms with van der Waals surface area (Å²) in [6.45, 7) is 2.73. The number of carbonyl (C=O) groups excluding carboxylic acids is 1. The summed E-state index contributed by atoms with van der Waals surface area (Å²) >= 11 is 0.678. The SMILES string of the molecule is Cc1cc(S(=O)(=O)C2CCCC2)c([C@H](CC2CCOCC2)C(=O)Nc2ncc(F)s2)c(=O)[nH]1. The second-order valence-corrected chi connectivity index (χ2v) is 12.0. The summed E-state index contributed by atoms with van der Waals surface area (Å²) in [5, 5.41) is 1.55. The minimum Gasteiger partial charge on any atom is -0.381 e. The van der Waals surface area contributed by atoms with E-state index in [4.69, 9.17) is 4.74 Å². The first-order valence-corrected chi connectivity index (χ1v) is 13.6. The molecule has 11 heteroatoms. The van der Waals surface area contributed by atoms with Gasteiger partial charge in [-0.25, -0.2) is 13.4 Å². The van der Waals surface area contributed by atoms with Crippen molar-refractivity contribution in [1.82, 2.24) is 9.97 Å². The van der Waals surface area contributed by atoms with E-state index in [0.29, 0.717) is 62.3 Å². The number of nitrogens with one attached hydrogen (secondary N) is 2. The number of anilines is 1. The van der Waals surface area contributed by atoms with Gasteiger partial charge in [0.15, 0.2) is 20.1 Å². The van der Waals surface area contributed by atoms with Crippen molar-refractivity contribution in [2.45, 2.75) is 67.9 Å². The number of halogens is 1. The van der Waals surface area contributed by atoms with Crippen molar-refractivity contribution in [3.05, 3.63) is 39.0 Å². The quantitative estimate of drug-likeness (QED) is 0.604. The van der Waals surface area contributed by atoms with Crippen molar-refractivity contribution in [3.63, 3.8) is 0 Å². The van der Waals surface area contributed by atoms with E-state index < -0.39 is 37.6 Å². The molecule has 0 radical (unpaired) electrons. The topological polar surface area (TPSA) is 118 Å². The van der Waals surface area contributed by atoms with Crippen LogP contribution in [0.3, 0.4) is 0 Å². The first-order valence-electron chi connectivity index (χ1n) is 11.2. The fourth-order valence-corrected chi connectivity index (χ4v) is 7.53. The van der Waals surface area contributed by atoms with E-state index >= 15 is 0 Å². The molecule has 1 aliphatic carbocycles. The summed E-state index contributed by atoms with van der Waals surface area (Å²) in [5.41, 5.74) is -0.190. The molecule has 2 aromatic rings. The van der Waals surface area contributed by atoms with Gasteiger partial charge in [-0.05, 0) is 51.0 Å². The van der Waals surface area contributed by atoms with Crippen LogP contribution in [0, 0.1) is 18.0 Å². The summed E-state index contributed by atoms with van der Waals surface area (Å²) in [4.78, 5) is 33.0. The standard InChI is InChI=1S/C22H28FN3O5S2/c1-13-10-17(33(29,30)15-4-2-3-5-15)19(21(28)25-13)16(11-14-6-8-31-9-7-14)20(27)26-22-24-12-18(23)32-22/h10,12,14-16H,2-9,11H2,1H3,(H,25,28)(H,24,26,27)/t16-/m0/s1. The number of aromatic amines is 1. The first kappa shape index (κ1) is 24.0.